The number of pyridine rings is 1. The van der Waals surface area contributed by atoms with E-state index in [9.17, 15) is 4.39 Å². The molecule has 1 heterocycles. The molecule has 1 aromatic heterocycles. The SMILES string of the molecule is Cc1cc2cc(CNCC3CCC3)c(F)cc2nc1C. The van der Waals surface area contributed by atoms with E-state index in [4.69, 9.17) is 0 Å². The molecule has 0 aliphatic heterocycles. The third-order valence-electron chi connectivity index (χ3n) is 4.40. The Labute approximate surface area is 119 Å². The minimum atomic E-state index is -0.158. The minimum absolute atomic E-state index is 0.158. The topological polar surface area (TPSA) is 24.9 Å². The van der Waals surface area contributed by atoms with Crippen LogP contribution in [0.3, 0.4) is 0 Å². The number of nitrogens with one attached hydrogen (secondary N) is 1. The van der Waals surface area contributed by atoms with Crippen LogP contribution in [0.4, 0.5) is 4.39 Å². The molecule has 106 valence electrons. The fourth-order valence-corrected chi connectivity index (χ4v) is 2.69. The van der Waals surface area contributed by atoms with Gasteiger partial charge in [-0.15, -0.1) is 0 Å². The van der Waals surface area contributed by atoms with Crippen LogP contribution in [0.2, 0.25) is 0 Å². The van der Waals surface area contributed by atoms with Gasteiger partial charge in [-0.2, -0.15) is 0 Å². The van der Waals surface area contributed by atoms with Crippen molar-refractivity contribution >= 4 is 10.9 Å². The molecule has 0 atom stereocenters. The average molecular weight is 272 g/mol. The molecule has 0 spiro atoms. The maximum Gasteiger partial charge on any atom is 0.129 e. The molecular weight excluding hydrogens is 251 g/mol. The van der Waals surface area contributed by atoms with Crippen LogP contribution < -0.4 is 5.32 Å². The zero-order valence-electron chi connectivity index (χ0n) is 12.2. The molecule has 2 aromatic rings. The van der Waals surface area contributed by atoms with Crippen molar-refractivity contribution in [2.45, 2.75) is 39.7 Å². The Morgan fingerprint density at radius 3 is 2.75 bits per heavy atom. The quantitative estimate of drug-likeness (QED) is 0.913. The van der Waals surface area contributed by atoms with Gasteiger partial charge >= 0.3 is 0 Å². The number of nitrogens with zero attached hydrogens (tertiary/aromatic N) is 1. The molecule has 0 bridgehead atoms. The van der Waals surface area contributed by atoms with Gasteiger partial charge in [-0.05, 0) is 56.8 Å². The van der Waals surface area contributed by atoms with Crippen molar-refractivity contribution in [3.8, 4) is 0 Å². The molecule has 1 aliphatic rings. The Hall–Kier alpha value is -1.48. The number of halogens is 1. The van der Waals surface area contributed by atoms with E-state index in [1.165, 1.54) is 19.3 Å². The summed E-state index contributed by atoms with van der Waals surface area (Å²) in [4.78, 5) is 4.45. The number of hydrogen-bond acceptors (Lipinski definition) is 2. The van der Waals surface area contributed by atoms with Gasteiger partial charge in [-0.25, -0.2) is 4.39 Å². The Balaban J connectivity index is 1.79. The maximum atomic E-state index is 14.1. The summed E-state index contributed by atoms with van der Waals surface area (Å²) in [6.45, 7) is 5.61. The van der Waals surface area contributed by atoms with Gasteiger partial charge in [0.25, 0.3) is 0 Å². The van der Waals surface area contributed by atoms with Crippen LogP contribution in [0.1, 0.15) is 36.1 Å². The molecule has 1 aromatic carbocycles. The lowest BCUT2D eigenvalue weighted by molar-refractivity contribution is 0.301. The highest BCUT2D eigenvalue weighted by Gasteiger charge is 2.16. The number of benzene rings is 1. The summed E-state index contributed by atoms with van der Waals surface area (Å²) in [5.74, 6) is 0.638. The molecule has 0 radical (unpaired) electrons. The van der Waals surface area contributed by atoms with Crippen LogP contribution in [0, 0.1) is 25.6 Å². The fraction of sp³-hybridized carbons (Fsp3) is 0.471. The van der Waals surface area contributed by atoms with E-state index >= 15 is 0 Å². The summed E-state index contributed by atoms with van der Waals surface area (Å²) < 4.78 is 14.1. The van der Waals surface area contributed by atoms with Gasteiger partial charge in [0.1, 0.15) is 5.82 Å². The third kappa shape index (κ3) is 2.68. The molecule has 1 fully saturated rings. The first kappa shape index (κ1) is 13.5. The lowest BCUT2D eigenvalue weighted by atomic mass is 9.85. The smallest absolute Gasteiger partial charge is 0.129 e. The monoisotopic (exact) mass is 272 g/mol. The molecular formula is C17H21FN2. The molecule has 0 saturated heterocycles. The number of aromatic nitrogens is 1. The summed E-state index contributed by atoms with van der Waals surface area (Å²) >= 11 is 0. The molecule has 1 N–H and O–H groups in total. The normalized spacial score (nSPS) is 15.6. The fourth-order valence-electron chi connectivity index (χ4n) is 2.69. The van der Waals surface area contributed by atoms with Crippen LogP contribution in [-0.2, 0) is 6.54 Å². The van der Waals surface area contributed by atoms with Gasteiger partial charge in [-0.1, -0.05) is 6.42 Å². The van der Waals surface area contributed by atoms with Gasteiger partial charge in [0, 0.05) is 29.3 Å². The Morgan fingerprint density at radius 2 is 2.05 bits per heavy atom. The van der Waals surface area contributed by atoms with E-state index < -0.39 is 0 Å². The number of aryl methyl sites for hydroxylation is 2. The predicted octanol–water partition coefficient (Wildman–Crippen LogP) is 3.88. The largest absolute Gasteiger partial charge is 0.312 e. The van der Waals surface area contributed by atoms with E-state index in [0.29, 0.717) is 6.54 Å². The summed E-state index contributed by atoms with van der Waals surface area (Å²) in [5.41, 5.74) is 3.60. The van der Waals surface area contributed by atoms with Crippen LogP contribution in [0.5, 0.6) is 0 Å². The van der Waals surface area contributed by atoms with Gasteiger partial charge < -0.3 is 5.32 Å². The van der Waals surface area contributed by atoms with Crippen molar-refractivity contribution in [2.24, 2.45) is 5.92 Å². The Bertz CT molecular complexity index is 632. The van der Waals surface area contributed by atoms with E-state index in [0.717, 1.165) is 40.2 Å². The predicted molar refractivity (Wildman–Crippen MR) is 80.2 cm³/mol. The maximum absolute atomic E-state index is 14.1. The molecule has 3 rings (SSSR count). The summed E-state index contributed by atoms with van der Waals surface area (Å²) in [7, 11) is 0. The van der Waals surface area contributed by atoms with E-state index in [2.05, 4.69) is 16.4 Å². The van der Waals surface area contributed by atoms with Crippen molar-refractivity contribution in [3.63, 3.8) is 0 Å². The van der Waals surface area contributed by atoms with Crippen LogP contribution in [0.25, 0.3) is 10.9 Å². The van der Waals surface area contributed by atoms with Crippen molar-refractivity contribution in [3.05, 3.63) is 40.8 Å². The molecule has 2 nitrogen and oxygen atoms in total. The highest BCUT2D eigenvalue weighted by molar-refractivity contribution is 5.80. The number of rotatable bonds is 4. The van der Waals surface area contributed by atoms with E-state index in [1.54, 1.807) is 6.07 Å². The zero-order valence-corrected chi connectivity index (χ0v) is 12.2. The zero-order chi connectivity index (χ0) is 14.1. The second-order valence-electron chi connectivity index (χ2n) is 5.95. The molecule has 1 saturated carbocycles. The minimum Gasteiger partial charge on any atom is -0.312 e. The van der Waals surface area contributed by atoms with Crippen molar-refractivity contribution in [2.75, 3.05) is 6.54 Å². The van der Waals surface area contributed by atoms with Crippen molar-refractivity contribution < 1.29 is 4.39 Å². The first-order chi connectivity index (χ1) is 9.63. The highest BCUT2D eigenvalue weighted by Crippen LogP contribution is 2.25. The first-order valence-electron chi connectivity index (χ1n) is 7.40. The van der Waals surface area contributed by atoms with Crippen LogP contribution in [-0.4, -0.2) is 11.5 Å². The second kappa shape index (κ2) is 5.49. The van der Waals surface area contributed by atoms with E-state index in [1.807, 2.05) is 19.9 Å². The average Bonchev–Trinajstić information content (AvgIpc) is 2.35. The Kier molecular flexibility index (Phi) is 3.70. The van der Waals surface area contributed by atoms with Crippen molar-refractivity contribution in [1.82, 2.24) is 10.3 Å². The van der Waals surface area contributed by atoms with E-state index in [-0.39, 0.29) is 5.82 Å². The summed E-state index contributed by atoms with van der Waals surface area (Å²) in [6.07, 6.45) is 3.98. The second-order valence-corrected chi connectivity index (χ2v) is 5.95. The standard InChI is InChI=1S/C17H21FN2/c1-11-6-14-7-15(10-19-9-13-4-3-5-13)16(18)8-17(14)20-12(11)2/h6-8,13,19H,3-5,9-10H2,1-2H3. The van der Waals surface area contributed by atoms with Crippen LogP contribution in [0.15, 0.2) is 18.2 Å². The third-order valence-corrected chi connectivity index (χ3v) is 4.40. The molecule has 0 amide bonds. The highest BCUT2D eigenvalue weighted by atomic mass is 19.1. The lowest BCUT2D eigenvalue weighted by Gasteiger charge is -2.25. The molecule has 3 heteroatoms. The van der Waals surface area contributed by atoms with Gasteiger partial charge in [-0.3, -0.25) is 4.98 Å². The van der Waals surface area contributed by atoms with Gasteiger partial charge in [0.15, 0.2) is 0 Å². The molecule has 20 heavy (non-hydrogen) atoms. The molecule has 0 unspecified atom stereocenters. The van der Waals surface area contributed by atoms with Gasteiger partial charge in [0.05, 0.1) is 5.52 Å². The first-order valence-corrected chi connectivity index (χ1v) is 7.40. The van der Waals surface area contributed by atoms with Crippen LogP contribution >= 0.6 is 0 Å². The Morgan fingerprint density at radius 1 is 1.25 bits per heavy atom. The molecule has 1 aliphatic carbocycles. The van der Waals surface area contributed by atoms with Gasteiger partial charge in [0.2, 0.25) is 0 Å². The van der Waals surface area contributed by atoms with Crippen molar-refractivity contribution in [1.29, 1.82) is 0 Å². The number of fused-ring (bicyclic) bond motifs is 1. The number of hydrogen-bond donors (Lipinski definition) is 1. The lowest BCUT2D eigenvalue weighted by Crippen LogP contribution is -2.27. The summed E-state index contributed by atoms with van der Waals surface area (Å²) in [5, 5.41) is 4.40. The summed E-state index contributed by atoms with van der Waals surface area (Å²) in [6, 6.07) is 5.58.